The average molecular weight is 470 g/mol. The summed E-state index contributed by atoms with van der Waals surface area (Å²) in [7, 11) is 1.81. The minimum atomic E-state index is -0.139. The van der Waals surface area contributed by atoms with Crippen LogP contribution in [0.4, 0.5) is 5.13 Å². The van der Waals surface area contributed by atoms with Gasteiger partial charge in [-0.3, -0.25) is 19.3 Å². The Hall–Kier alpha value is -1.71. The van der Waals surface area contributed by atoms with Crippen LogP contribution in [0.25, 0.3) is 10.2 Å². The molecule has 1 amide bonds. The van der Waals surface area contributed by atoms with E-state index in [1.54, 1.807) is 28.9 Å². The van der Waals surface area contributed by atoms with E-state index in [0.29, 0.717) is 22.4 Å². The molecule has 1 aliphatic heterocycles. The maximum absolute atomic E-state index is 13.2. The molecular weight excluding hydrogens is 445 g/mol. The van der Waals surface area contributed by atoms with Crippen LogP contribution in [0.3, 0.4) is 0 Å². The number of hydrogen-bond acceptors (Lipinski definition) is 6. The summed E-state index contributed by atoms with van der Waals surface area (Å²) in [6, 6.07) is 5.57. The number of fused-ring (bicyclic) bond motifs is 1. The number of rotatable bonds is 6. The summed E-state index contributed by atoms with van der Waals surface area (Å²) in [6.07, 6.45) is 2.62. The van der Waals surface area contributed by atoms with Crippen molar-refractivity contribution in [3.8, 4) is 0 Å². The smallest absolute Gasteiger partial charge is 0.280 e. The molecule has 0 radical (unpaired) electrons. The highest BCUT2D eigenvalue weighted by Gasteiger charge is 2.24. The molecule has 30 heavy (non-hydrogen) atoms. The lowest BCUT2D eigenvalue weighted by atomic mass is 10.2. The lowest BCUT2D eigenvalue weighted by molar-refractivity contribution is 0.0376. The van der Waals surface area contributed by atoms with E-state index in [-0.39, 0.29) is 18.3 Å². The number of morpholine rings is 1. The number of amides is 1. The molecule has 0 saturated carbocycles. The van der Waals surface area contributed by atoms with Crippen molar-refractivity contribution in [3.05, 3.63) is 40.7 Å². The second kappa shape index (κ2) is 10.1. The van der Waals surface area contributed by atoms with Crippen LogP contribution in [-0.2, 0) is 11.8 Å². The number of carbonyl (C=O) groups excluding carboxylic acids is 1. The summed E-state index contributed by atoms with van der Waals surface area (Å²) in [5, 5.41) is 5.61. The van der Waals surface area contributed by atoms with Crippen LogP contribution in [0.2, 0.25) is 5.02 Å². The van der Waals surface area contributed by atoms with Gasteiger partial charge in [0.05, 0.1) is 28.5 Å². The third-order valence-corrected chi connectivity index (χ3v) is 6.59. The van der Waals surface area contributed by atoms with Crippen molar-refractivity contribution in [2.75, 3.05) is 44.3 Å². The first-order valence-electron chi connectivity index (χ1n) is 9.70. The van der Waals surface area contributed by atoms with Crippen LogP contribution in [0.15, 0.2) is 24.4 Å². The normalized spacial score (nSPS) is 14.6. The molecule has 10 heteroatoms. The number of anilines is 1. The van der Waals surface area contributed by atoms with Crippen LogP contribution in [0.1, 0.15) is 22.5 Å². The molecule has 0 atom stereocenters. The molecule has 3 aromatic rings. The van der Waals surface area contributed by atoms with Crippen LogP contribution < -0.4 is 4.90 Å². The molecule has 1 aliphatic rings. The van der Waals surface area contributed by atoms with E-state index in [2.05, 4.69) is 10.00 Å². The third-order valence-electron chi connectivity index (χ3n) is 5.05. The monoisotopic (exact) mass is 469 g/mol. The first-order valence-corrected chi connectivity index (χ1v) is 10.9. The molecule has 0 spiro atoms. The van der Waals surface area contributed by atoms with Crippen LogP contribution in [0, 0.1) is 6.92 Å². The Morgan fingerprint density at radius 2 is 2.07 bits per heavy atom. The molecule has 1 fully saturated rings. The molecule has 1 aromatic carbocycles. The molecule has 162 valence electrons. The summed E-state index contributed by atoms with van der Waals surface area (Å²) in [6.45, 7) is 6.90. The van der Waals surface area contributed by atoms with E-state index in [4.69, 9.17) is 21.3 Å². The van der Waals surface area contributed by atoms with Crippen molar-refractivity contribution < 1.29 is 9.53 Å². The molecule has 7 nitrogen and oxygen atoms in total. The van der Waals surface area contributed by atoms with Gasteiger partial charge in [0.25, 0.3) is 5.91 Å². The van der Waals surface area contributed by atoms with E-state index in [0.717, 1.165) is 55.0 Å². The van der Waals surface area contributed by atoms with Crippen molar-refractivity contribution in [1.82, 2.24) is 19.7 Å². The minimum absolute atomic E-state index is 0. The third kappa shape index (κ3) is 4.95. The van der Waals surface area contributed by atoms with Gasteiger partial charge in [0.2, 0.25) is 0 Å². The summed E-state index contributed by atoms with van der Waals surface area (Å²) in [5.41, 5.74) is 2.32. The number of aromatic nitrogens is 3. The zero-order chi connectivity index (χ0) is 20.4. The summed E-state index contributed by atoms with van der Waals surface area (Å²) >= 11 is 7.84. The van der Waals surface area contributed by atoms with Crippen molar-refractivity contribution in [2.45, 2.75) is 13.3 Å². The Morgan fingerprint density at radius 3 is 2.73 bits per heavy atom. The van der Waals surface area contributed by atoms with Gasteiger partial charge >= 0.3 is 0 Å². The van der Waals surface area contributed by atoms with E-state index in [9.17, 15) is 4.79 Å². The van der Waals surface area contributed by atoms with E-state index in [1.807, 2.05) is 19.1 Å². The van der Waals surface area contributed by atoms with E-state index < -0.39 is 0 Å². The molecule has 1 saturated heterocycles. The van der Waals surface area contributed by atoms with Gasteiger partial charge in [0, 0.05) is 39.4 Å². The second-order valence-corrected chi connectivity index (χ2v) is 8.56. The number of halogens is 2. The average Bonchev–Trinajstić information content (AvgIpc) is 3.36. The fourth-order valence-corrected chi connectivity index (χ4v) is 4.78. The van der Waals surface area contributed by atoms with Crippen molar-refractivity contribution >= 4 is 56.6 Å². The van der Waals surface area contributed by atoms with Crippen molar-refractivity contribution in [1.29, 1.82) is 0 Å². The van der Waals surface area contributed by atoms with Gasteiger partial charge in [-0.2, -0.15) is 5.10 Å². The number of benzene rings is 1. The number of carbonyl (C=O) groups is 1. The molecule has 0 bridgehead atoms. The van der Waals surface area contributed by atoms with Crippen molar-refractivity contribution in [3.63, 3.8) is 0 Å². The van der Waals surface area contributed by atoms with Gasteiger partial charge in [-0.15, -0.1) is 12.4 Å². The highest BCUT2D eigenvalue weighted by atomic mass is 35.5. The zero-order valence-electron chi connectivity index (χ0n) is 17.0. The zero-order valence-corrected chi connectivity index (χ0v) is 19.4. The minimum Gasteiger partial charge on any atom is -0.379 e. The Kier molecular flexibility index (Phi) is 7.70. The number of thiazole rings is 1. The number of aryl methyl sites for hydroxylation is 2. The maximum atomic E-state index is 13.2. The van der Waals surface area contributed by atoms with Gasteiger partial charge in [-0.05, 0) is 31.0 Å². The fraction of sp³-hybridized carbons (Fsp3) is 0.450. The Morgan fingerprint density at radius 1 is 1.30 bits per heavy atom. The molecule has 0 unspecified atom stereocenters. The maximum Gasteiger partial charge on any atom is 0.280 e. The fourth-order valence-electron chi connectivity index (χ4n) is 3.43. The Bertz CT molecular complexity index is 977. The summed E-state index contributed by atoms with van der Waals surface area (Å²) in [4.78, 5) is 22.1. The number of nitrogens with zero attached hydrogens (tertiary/aromatic N) is 5. The summed E-state index contributed by atoms with van der Waals surface area (Å²) in [5.74, 6) is -0.139. The molecule has 0 N–H and O–H groups in total. The molecule has 2 aromatic heterocycles. The number of ether oxygens (including phenoxy) is 1. The van der Waals surface area contributed by atoms with E-state index in [1.165, 1.54) is 11.3 Å². The topological polar surface area (TPSA) is 63.5 Å². The lowest BCUT2D eigenvalue weighted by Gasteiger charge is -2.27. The van der Waals surface area contributed by atoms with Crippen molar-refractivity contribution in [2.24, 2.45) is 7.05 Å². The van der Waals surface area contributed by atoms with Gasteiger partial charge < -0.3 is 4.74 Å². The molecular formula is C20H25Cl2N5O2S. The van der Waals surface area contributed by atoms with Crippen LogP contribution in [-0.4, -0.2) is 65.0 Å². The largest absolute Gasteiger partial charge is 0.379 e. The molecule has 4 rings (SSSR count). The van der Waals surface area contributed by atoms with Crippen LogP contribution >= 0.6 is 35.3 Å². The van der Waals surface area contributed by atoms with Gasteiger partial charge in [0.15, 0.2) is 10.8 Å². The predicted molar refractivity (Wildman–Crippen MR) is 123 cm³/mol. The standard InChI is InChI=1S/C20H24ClN5O2S.ClH/c1-14-4-5-15(21)18-17(14)22-20(29-18)26(19(27)16-6-9-24(2)23-16)8-3-7-25-10-12-28-13-11-25;/h4-6,9H,3,7-8,10-13H2,1-2H3;1H. The first kappa shape index (κ1) is 23.0. The molecule has 3 heterocycles. The quantitative estimate of drug-likeness (QED) is 0.549. The lowest BCUT2D eigenvalue weighted by Crippen LogP contribution is -2.39. The highest BCUT2D eigenvalue weighted by Crippen LogP contribution is 2.36. The van der Waals surface area contributed by atoms with Crippen LogP contribution in [0.5, 0.6) is 0 Å². The molecule has 0 aliphatic carbocycles. The Balaban J connectivity index is 0.00000256. The van der Waals surface area contributed by atoms with Gasteiger partial charge in [-0.1, -0.05) is 29.0 Å². The number of hydrogen-bond donors (Lipinski definition) is 0. The predicted octanol–water partition coefficient (Wildman–Crippen LogP) is 3.78. The highest BCUT2D eigenvalue weighted by molar-refractivity contribution is 7.23. The first-order chi connectivity index (χ1) is 14.0. The SMILES string of the molecule is Cc1ccc(Cl)c2sc(N(CCCN3CCOCC3)C(=O)c3ccn(C)n3)nc12.Cl. The van der Waals surface area contributed by atoms with Gasteiger partial charge in [-0.25, -0.2) is 4.98 Å². The van der Waals surface area contributed by atoms with E-state index >= 15 is 0 Å². The Labute approximate surface area is 191 Å². The summed E-state index contributed by atoms with van der Waals surface area (Å²) < 4.78 is 7.96. The van der Waals surface area contributed by atoms with Gasteiger partial charge in [0.1, 0.15) is 0 Å². The second-order valence-electron chi connectivity index (χ2n) is 7.18.